The SMILES string of the molecule is CC(C)(C)OC(=O)NC1CC2CCC1(CN)C2. The molecule has 2 saturated carbocycles. The number of nitrogens with two attached hydrogens (primary N) is 1. The maximum Gasteiger partial charge on any atom is 0.407 e. The number of nitrogens with one attached hydrogen (secondary N) is 1. The van der Waals surface area contributed by atoms with Crippen LogP contribution in [0.5, 0.6) is 0 Å². The normalized spacial score (nSPS) is 36.0. The van der Waals surface area contributed by atoms with Crippen molar-refractivity contribution in [3.05, 3.63) is 0 Å². The molecule has 0 heterocycles. The average molecular weight is 240 g/mol. The summed E-state index contributed by atoms with van der Waals surface area (Å²) in [5.41, 5.74) is 5.61. The number of carbonyl (C=O) groups is 1. The highest BCUT2D eigenvalue weighted by Gasteiger charge is 2.51. The van der Waals surface area contributed by atoms with Crippen molar-refractivity contribution >= 4 is 6.09 Å². The summed E-state index contributed by atoms with van der Waals surface area (Å²) in [4.78, 5) is 11.8. The van der Waals surface area contributed by atoms with Crippen LogP contribution in [0.4, 0.5) is 4.79 Å². The Kier molecular flexibility index (Phi) is 3.10. The number of hydrogen-bond acceptors (Lipinski definition) is 3. The molecule has 4 nitrogen and oxygen atoms in total. The van der Waals surface area contributed by atoms with E-state index in [0.29, 0.717) is 6.54 Å². The van der Waals surface area contributed by atoms with Crippen molar-refractivity contribution < 1.29 is 9.53 Å². The van der Waals surface area contributed by atoms with Crippen molar-refractivity contribution in [3.8, 4) is 0 Å². The van der Waals surface area contributed by atoms with Crippen LogP contribution >= 0.6 is 0 Å². The van der Waals surface area contributed by atoms with Crippen LogP contribution in [0.3, 0.4) is 0 Å². The third-order valence-corrected chi connectivity index (χ3v) is 4.15. The molecule has 3 N–H and O–H groups in total. The first-order valence-corrected chi connectivity index (χ1v) is 6.54. The summed E-state index contributed by atoms with van der Waals surface area (Å²) in [7, 11) is 0. The standard InChI is InChI=1S/C13H24N2O2/c1-12(2,3)17-11(16)15-10-6-9-4-5-13(10,7-9)8-14/h9-10H,4-8,14H2,1-3H3,(H,15,16). The maximum atomic E-state index is 11.8. The molecule has 0 aromatic carbocycles. The Balaban J connectivity index is 1.94. The first kappa shape index (κ1) is 12.7. The lowest BCUT2D eigenvalue weighted by molar-refractivity contribution is 0.0454. The molecular weight excluding hydrogens is 216 g/mol. The molecule has 1 amide bonds. The molecule has 2 fully saturated rings. The monoisotopic (exact) mass is 240 g/mol. The molecule has 2 rings (SSSR count). The van der Waals surface area contributed by atoms with E-state index in [0.717, 1.165) is 18.8 Å². The highest BCUT2D eigenvalue weighted by molar-refractivity contribution is 5.68. The maximum absolute atomic E-state index is 11.8. The van der Waals surface area contributed by atoms with Gasteiger partial charge in [-0.25, -0.2) is 4.79 Å². The minimum atomic E-state index is -0.433. The van der Waals surface area contributed by atoms with Gasteiger partial charge in [0.1, 0.15) is 5.60 Å². The minimum absolute atomic E-state index is 0.140. The number of amides is 1. The van der Waals surface area contributed by atoms with Crippen LogP contribution in [0.15, 0.2) is 0 Å². The van der Waals surface area contributed by atoms with Crippen LogP contribution in [-0.4, -0.2) is 24.3 Å². The number of alkyl carbamates (subject to hydrolysis) is 1. The number of hydrogen-bond donors (Lipinski definition) is 2. The summed E-state index contributed by atoms with van der Waals surface area (Å²) in [6.07, 6.45) is 4.35. The predicted molar refractivity (Wildman–Crippen MR) is 66.6 cm³/mol. The molecule has 2 bridgehead atoms. The van der Waals surface area contributed by atoms with E-state index in [1.54, 1.807) is 0 Å². The van der Waals surface area contributed by atoms with Crippen LogP contribution in [0, 0.1) is 11.3 Å². The van der Waals surface area contributed by atoms with Gasteiger partial charge in [0.15, 0.2) is 0 Å². The summed E-state index contributed by atoms with van der Waals surface area (Å²) in [5, 5.41) is 3.02. The van der Waals surface area contributed by atoms with E-state index in [2.05, 4.69) is 5.32 Å². The van der Waals surface area contributed by atoms with Gasteiger partial charge in [-0.1, -0.05) is 0 Å². The second-order valence-electron chi connectivity index (χ2n) is 6.61. The van der Waals surface area contributed by atoms with Gasteiger partial charge in [-0.2, -0.15) is 0 Å². The van der Waals surface area contributed by atoms with Gasteiger partial charge in [0.2, 0.25) is 0 Å². The zero-order chi connectivity index (χ0) is 12.7. The molecule has 3 unspecified atom stereocenters. The van der Waals surface area contributed by atoms with Gasteiger partial charge >= 0.3 is 6.09 Å². The molecule has 17 heavy (non-hydrogen) atoms. The zero-order valence-electron chi connectivity index (χ0n) is 11.1. The van der Waals surface area contributed by atoms with Gasteiger partial charge in [0.25, 0.3) is 0 Å². The van der Waals surface area contributed by atoms with Crippen LogP contribution in [0.25, 0.3) is 0 Å². The molecule has 0 aromatic rings. The summed E-state index contributed by atoms with van der Waals surface area (Å²) < 4.78 is 5.31. The fourth-order valence-electron chi connectivity index (χ4n) is 3.36. The summed E-state index contributed by atoms with van der Waals surface area (Å²) in [6.45, 7) is 6.31. The molecule has 0 aromatic heterocycles. The lowest BCUT2D eigenvalue weighted by Crippen LogP contribution is -2.49. The van der Waals surface area contributed by atoms with Gasteiger partial charge in [0, 0.05) is 11.5 Å². The minimum Gasteiger partial charge on any atom is -0.444 e. The quantitative estimate of drug-likeness (QED) is 0.776. The molecule has 0 aliphatic heterocycles. The van der Waals surface area contributed by atoms with Crippen molar-refractivity contribution in [1.29, 1.82) is 0 Å². The molecule has 4 heteroatoms. The number of carbonyl (C=O) groups excluding carboxylic acids is 1. The fraction of sp³-hybridized carbons (Fsp3) is 0.923. The molecule has 0 radical (unpaired) electrons. The summed E-state index contributed by atoms with van der Waals surface area (Å²) in [6, 6.07) is 0.209. The molecule has 3 atom stereocenters. The van der Waals surface area contributed by atoms with E-state index in [1.165, 1.54) is 12.8 Å². The van der Waals surface area contributed by atoms with E-state index in [4.69, 9.17) is 10.5 Å². The Hall–Kier alpha value is -0.770. The van der Waals surface area contributed by atoms with Crippen LogP contribution in [0.1, 0.15) is 46.5 Å². The number of ether oxygens (including phenoxy) is 1. The third kappa shape index (κ3) is 2.57. The molecule has 98 valence electrons. The molecule has 0 saturated heterocycles. The molecule has 2 aliphatic rings. The molecular formula is C13H24N2O2. The Morgan fingerprint density at radius 2 is 2.24 bits per heavy atom. The van der Waals surface area contributed by atoms with E-state index in [1.807, 2.05) is 20.8 Å². The molecule has 0 spiro atoms. The topological polar surface area (TPSA) is 64.3 Å². The van der Waals surface area contributed by atoms with Gasteiger partial charge in [-0.15, -0.1) is 0 Å². The highest BCUT2D eigenvalue weighted by Crippen LogP contribution is 2.53. The Morgan fingerprint density at radius 3 is 2.76 bits per heavy atom. The van der Waals surface area contributed by atoms with Crippen LogP contribution < -0.4 is 11.1 Å². The summed E-state index contributed by atoms with van der Waals surface area (Å²) in [5.74, 6) is 0.749. The first-order valence-electron chi connectivity index (χ1n) is 6.54. The van der Waals surface area contributed by atoms with E-state index in [-0.39, 0.29) is 17.6 Å². The van der Waals surface area contributed by atoms with Crippen molar-refractivity contribution in [1.82, 2.24) is 5.32 Å². The largest absolute Gasteiger partial charge is 0.444 e. The van der Waals surface area contributed by atoms with Crippen molar-refractivity contribution in [2.24, 2.45) is 17.1 Å². The number of fused-ring (bicyclic) bond motifs is 2. The number of rotatable bonds is 2. The lowest BCUT2D eigenvalue weighted by Gasteiger charge is -2.35. The predicted octanol–water partition coefficient (Wildman–Crippen LogP) is 2.03. The Morgan fingerprint density at radius 1 is 1.53 bits per heavy atom. The lowest BCUT2D eigenvalue weighted by atomic mass is 9.80. The average Bonchev–Trinajstić information content (AvgIpc) is 2.72. The van der Waals surface area contributed by atoms with Gasteiger partial charge in [-0.3, -0.25) is 0 Å². The Bertz CT molecular complexity index is 311. The third-order valence-electron chi connectivity index (χ3n) is 4.15. The second kappa shape index (κ2) is 4.16. The van der Waals surface area contributed by atoms with E-state index >= 15 is 0 Å². The van der Waals surface area contributed by atoms with Crippen LogP contribution in [0.2, 0.25) is 0 Å². The summed E-state index contributed by atoms with van der Waals surface area (Å²) >= 11 is 0. The van der Waals surface area contributed by atoms with Crippen molar-refractivity contribution in [2.45, 2.75) is 58.1 Å². The van der Waals surface area contributed by atoms with Gasteiger partial charge in [-0.05, 0) is 58.9 Å². The smallest absolute Gasteiger partial charge is 0.407 e. The van der Waals surface area contributed by atoms with Gasteiger partial charge < -0.3 is 15.8 Å². The highest BCUT2D eigenvalue weighted by atomic mass is 16.6. The second-order valence-corrected chi connectivity index (χ2v) is 6.61. The van der Waals surface area contributed by atoms with Crippen LogP contribution in [-0.2, 0) is 4.74 Å². The fourth-order valence-corrected chi connectivity index (χ4v) is 3.36. The first-order chi connectivity index (χ1) is 7.85. The molecule has 2 aliphatic carbocycles. The Labute approximate surface area is 103 Å². The van der Waals surface area contributed by atoms with E-state index in [9.17, 15) is 4.79 Å². The van der Waals surface area contributed by atoms with Crippen molar-refractivity contribution in [3.63, 3.8) is 0 Å². The van der Waals surface area contributed by atoms with Crippen molar-refractivity contribution in [2.75, 3.05) is 6.54 Å². The zero-order valence-corrected chi connectivity index (χ0v) is 11.1. The van der Waals surface area contributed by atoms with Gasteiger partial charge in [0.05, 0.1) is 0 Å². The van der Waals surface area contributed by atoms with E-state index < -0.39 is 5.60 Å².